The first-order valence-electron chi connectivity index (χ1n) is 9.72. The van der Waals surface area contributed by atoms with Crippen molar-refractivity contribution in [1.29, 1.82) is 0 Å². The number of likely N-dealkylation sites (tertiary alicyclic amines) is 1. The number of aromatic nitrogens is 1. The fourth-order valence-electron chi connectivity index (χ4n) is 4.43. The van der Waals surface area contributed by atoms with Gasteiger partial charge in [-0.15, -0.1) is 11.3 Å². The first-order chi connectivity index (χ1) is 12.7. The normalized spacial score (nSPS) is 19.7. The predicted octanol–water partition coefficient (Wildman–Crippen LogP) is 4.14. The second-order valence-electron chi connectivity index (χ2n) is 7.63. The average molecular weight is 370 g/mol. The molecular weight excluding hydrogens is 342 g/mol. The highest BCUT2D eigenvalue weighted by molar-refractivity contribution is 7.13. The third kappa shape index (κ3) is 3.42. The van der Waals surface area contributed by atoms with Gasteiger partial charge in [0.25, 0.3) is 0 Å². The first kappa shape index (κ1) is 17.7. The minimum atomic E-state index is -0.258. The molecule has 0 atom stereocenters. The molecule has 1 aromatic heterocycles. The summed E-state index contributed by atoms with van der Waals surface area (Å²) in [6, 6.07) is 8.40. The molecule has 1 amide bonds. The summed E-state index contributed by atoms with van der Waals surface area (Å²) in [6.07, 6.45) is 6.78. The van der Waals surface area contributed by atoms with Crippen LogP contribution in [0.5, 0.6) is 0 Å². The van der Waals surface area contributed by atoms with Crippen LogP contribution in [0.1, 0.15) is 49.8 Å². The standard InChI is InChI=1S/C21H27N3OS/c1-16-7-6-8-17(13-16)19-23-18(15-26-19)14-22-20(25)21(9-2-3-10-21)24-11-4-5-12-24/h6-8,13,15H,2-5,9-12,14H2,1H3,(H,22,25). The molecule has 138 valence electrons. The number of aryl methyl sites for hydroxylation is 1. The molecule has 1 aliphatic heterocycles. The number of carbonyl (C=O) groups is 1. The molecule has 2 heterocycles. The molecule has 1 aromatic carbocycles. The van der Waals surface area contributed by atoms with Crippen LogP contribution in [-0.2, 0) is 11.3 Å². The molecule has 4 nitrogen and oxygen atoms in total. The Morgan fingerprint density at radius 2 is 2.00 bits per heavy atom. The number of nitrogens with zero attached hydrogens (tertiary/aromatic N) is 2. The maximum atomic E-state index is 13.1. The first-order valence-corrected chi connectivity index (χ1v) is 10.6. The highest BCUT2D eigenvalue weighted by atomic mass is 32.1. The molecule has 4 rings (SSSR count). The van der Waals surface area contributed by atoms with Crippen LogP contribution in [0.4, 0.5) is 0 Å². The third-order valence-corrected chi connectivity index (χ3v) is 6.75. The third-order valence-electron chi connectivity index (χ3n) is 5.81. The Hall–Kier alpha value is -1.72. The maximum absolute atomic E-state index is 13.1. The van der Waals surface area contributed by atoms with Crippen LogP contribution in [0, 0.1) is 6.92 Å². The van der Waals surface area contributed by atoms with Crippen molar-refractivity contribution >= 4 is 17.2 Å². The summed E-state index contributed by atoms with van der Waals surface area (Å²) in [7, 11) is 0. The number of hydrogen-bond acceptors (Lipinski definition) is 4. The molecule has 2 fully saturated rings. The van der Waals surface area contributed by atoms with Crippen LogP contribution in [0.2, 0.25) is 0 Å². The van der Waals surface area contributed by atoms with Crippen LogP contribution in [0.15, 0.2) is 29.6 Å². The van der Waals surface area contributed by atoms with Crippen molar-refractivity contribution in [3.05, 3.63) is 40.9 Å². The molecule has 0 spiro atoms. The van der Waals surface area contributed by atoms with E-state index < -0.39 is 0 Å². The Balaban J connectivity index is 1.43. The lowest BCUT2D eigenvalue weighted by atomic mass is 9.94. The van der Waals surface area contributed by atoms with E-state index in [0.717, 1.165) is 55.0 Å². The lowest BCUT2D eigenvalue weighted by molar-refractivity contribution is -0.133. The fourth-order valence-corrected chi connectivity index (χ4v) is 5.24. The molecule has 1 aliphatic carbocycles. The summed E-state index contributed by atoms with van der Waals surface area (Å²) >= 11 is 1.65. The number of benzene rings is 1. The van der Waals surface area contributed by atoms with E-state index in [4.69, 9.17) is 4.98 Å². The van der Waals surface area contributed by atoms with Gasteiger partial charge in [0.1, 0.15) is 10.5 Å². The van der Waals surface area contributed by atoms with E-state index in [1.807, 2.05) is 0 Å². The molecule has 0 unspecified atom stereocenters. The van der Waals surface area contributed by atoms with Crippen LogP contribution in [-0.4, -0.2) is 34.4 Å². The zero-order valence-corrected chi connectivity index (χ0v) is 16.3. The van der Waals surface area contributed by atoms with Gasteiger partial charge in [0, 0.05) is 10.9 Å². The Morgan fingerprint density at radius 3 is 2.73 bits per heavy atom. The van der Waals surface area contributed by atoms with Gasteiger partial charge in [-0.05, 0) is 51.8 Å². The average Bonchev–Trinajstić information content (AvgIpc) is 3.41. The minimum Gasteiger partial charge on any atom is -0.349 e. The van der Waals surface area contributed by atoms with E-state index in [-0.39, 0.29) is 11.4 Å². The van der Waals surface area contributed by atoms with Gasteiger partial charge in [0.05, 0.1) is 12.2 Å². The number of rotatable bonds is 5. The van der Waals surface area contributed by atoms with Gasteiger partial charge in [-0.1, -0.05) is 36.6 Å². The summed E-state index contributed by atoms with van der Waals surface area (Å²) in [6.45, 7) is 4.76. The summed E-state index contributed by atoms with van der Waals surface area (Å²) in [5.41, 5.74) is 3.08. The highest BCUT2D eigenvalue weighted by Crippen LogP contribution is 2.37. The lowest BCUT2D eigenvalue weighted by Gasteiger charge is -2.37. The van der Waals surface area contributed by atoms with Gasteiger partial charge in [-0.25, -0.2) is 4.98 Å². The zero-order chi connectivity index (χ0) is 18.0. The van der Waals surface area contributed by atoms with Gasteiger partial charge in [0.15, 0.2) is 0 Å². The molecule has 2 aromatic rings. The van der Waals surface area contributed by atoms with E-state index in [2.05, 4.69) is 46.8 Å². The van der Waals surface area contributed by atoms with Gasteiger partial charge in [-0.3, -0.25) is 9.69 Å². The largest absolute Gasteiger partial charge is 0.349 e. The molecule has 1 saturated heterocycles. The number of thiazole rings is 1. The van der Waals surface area contributed by atoms with Crippen LogP contribution in [0.25, 0.3) is 10.6 Å². The smallest absolute Gasteiger partial charge is 0.240 e. The van der Waals surface area contributed by atoms with E-state index in [1.165, 1.54) is 18.4 Å². The van der Waals surface area contributed by atoms with Crippen molar-refractivity contribution in [2.24, 2.45) is 0 Å². The Bertz CT molecular complexity index is 773. The van der Waals surface area contributed by atoms with E-state index >= 15 is 0 Å². The Labute approximate surface area is 159 Å². The SMILES string of the molecule is Cc1cccc(-c2nc(CNC(=O)C3(N4CCCC4)CCCC3)cs2)c1. The number of amides is 1. The van der Waals surface area contributed by atoms with Gasteiger partial charge >= 0.3 is 0 Å². The molecule has 0 radical (unpaired) electrons. The second kappa shape index (κ2) is 7.49. The van der Waals surface area contributed by atoms with Crippen molar-refractivity contribution in [1.82, 2.24) is 15.2 Å². The van der Waals surface area contributed by atoms with Crippen molar-refractivity contribution in [3.8, 4) is 10.6 Å². The summed E-state index contributed by atoms with van der Waals surface area (Å²) in [4.78, 5) is 20.2. The van der Waals surface area contributed by atoms with Crippen LogP contribution < -0.4 is 5.32 Å². The quantitative estimate of drug-likeness (QED) is 0.861. The highest BCUT2D eigenvalue weighted by Gasteiger charge is 2.46. The molecule has 1 saturated carbocycles. The van der Waals surface area contributed by atoms with Gasteiger partial charge < -0.3 is 5.32 Å². The monoisotopic (exact) mass is 369 g/mol. The van der Waals surface area contributed by atoms with E-state index in [9.17, 15) is 4.79 Å². The molecule has 5 heteroatoms. The van der Waals surface area contributed by atoms with Gasteiger partial charge in [0.2, 0.25) is 5.91 Å². The molecule has 2 aliphatic rings. The van der Waals surface area contributed by atoms with Crippen molar-refractivity contribution in [2.75, 3.05) is 13.1 Å². The molecule has 26 heavy (non-hydrogen) atoms. The Kier molecular flexibility index (Phi) is 5.09. The topological polar surface area (TPSA) is 45.2 Å². The summed E-state index contributed by atoms with van der Waals surface area (Å²) in [5, 5.41) is 6.28. The van der Waals surface area contributed by atoms with Crippen LogP contribution >= 0.6 is 11.3 Å². The van der Waals surface area contributed by atoms with Crippen molar-refractivity contribution < 1.29 is 4.79 Å². The minimum absolute atomic E-state index is 0.210. The van der Waals surface area contributed by atoms with Crippen molar-refractivity contribution in [3.63, 3.8) is 0 Å². The number of carbonyl (C=O) groups excluding carboxylic acids is 1. The zero-order valence-electron chi connectivity index (χ0n) is 15.5. The molecule has 1 N–H and O–H groups in total. The van der Waals surface area contributed by atoms with Gasteiger partial charge in [-0.2, -0.15) is 0 Å². The second-order valence-corrected chi connectivity index (χ2v) is 8.49. The Morgan fingerprint density at radius 1 is 1.23 bits per heavy atom. The summed E-state index contributed by atoms with van der Waals surface area (Å²) in [5.74, 6) is 0.210. The van der Waals surface area contributed by atoms with E-state index in [1.54, 1.807) is 11.3 Å². The number of hydrogen-bond donors (Lipinski definition) is 1. The predicted molar refractivity (Wildman–Crippen MR) is 106 cm³/mol. The van der Waals surface area contributed by atoms with E-state index in [0.29, 0.717) is 6.54 Å². The maximum Gasteiger partial charge on any atom is 0.240 e. The lowest BCUT2D eigenvalue weighted by Crippen LogP contribution is -2.56. The molecule has 0 bridgehead atoms. The van der Waals surface area contributed by atoms with Crippen molar-refractivity contribution in [2.45, 2.75) is 57.5 Å². The number of nitrogens with one attached hydrogen (secondary N) is 1. The molecular formula is C21H27N3OS. The fraction of sp³-hybridized carbons (Fsp3) is 0.524. The van der Waals surface area contributed by atoms with Crippen LogP contribution in [0.3, 0.4) is 0 Å². The summed E-state index contributed by atoms with van der Waals surface area (Å²) < 4.78 is 0.